The highest BCUT2D eigenvalue weighted by Gasteiger charge is 2.23. The first-order chi connectivity index (χ1) is 13.3. The van der Waals surface area contributed by atoms with Gasteiger partial charge in [0, 0.05) is 6.42 Å². The van der Waals surface area contributed by atoms with Crippen LogP contribution in [0.2, 0.25) is 0 Å². The summed E-state index contributed by atoms with van der Waals surface area (Å²) in [4.78, 5) is 5.65. The summed E-state index contributed by atoms with van der Waals surface area (Å²) in [6.45, 7) is 5.14. The van der Waals surface area contributed by atoms with Gasteiger partial charge in [-0.2, -0.15) is 0 Å². The van der Waals surface area contributed by atoms with E-state index in [0.29, 0.717) is 0 Å². The fraction of sp³-hybridized carbons (Fsp3) is 0.458. The number of unbranched alkanes of at least 4 members (excludes halogenated alkanes) is 5. The molecular weight excluding hydrogens is 334 g/mol. The SMILES string of the molecule is CCCCCCCCOc1ccc(C2=NOC(c3ccc(C)cc3)C2)cc1. The molecule has 3 rings (SSSR count). The van der Waals surface area contributed by atoms with E-state index in [1.54, 1.807) is 0 Å². The second-order valence-electron chi connectivity index (χ2n) is 7.39. The first kappa shape index (κ1) is 19.5. The third-order valence-corrected chi connectivity index (χ3v) is 5.07. The molecule has 0 aromatic heterocycles. The summed E-state index contributed by atoms with van der Waals surface area (Å²) in [6.07, 6.45) is 8.52. The van der Waals surface area contributed by atoms with Crippen LogP contribution in [0.3, 0.4) is 0 Å². The van der Waals surface area contributed by atoms with Crippen molar-refractivity contribution in [2.75, 3.05) is 6.61 Å². The molecule has 27 heavy (non-hydrogen) atoms. The van der Waals surface area contributed by atoms with E-state index in [2.05, 4.69) is 55.4 Å². The average molecular weight is 366 g/mol. The van der Waals surface area contributed by atoms with E-state index in [-0.39, 0.29) is 6.10 Å². The highest BCUT2D eigenvalue weighted by molar-refractivity contribution is 6.01. The molecule has 0 radical (unpaired) electrons. The summed E-state index contributed by atoms with van der Waals surface area (Å²) >= 11 is 0. The van der Waals surface area contributed by atoms with Crippen molar-refractivity contribution in [2.45, 2.75) is 64.9 Å². The summed E-state index contributed by atoms with van der Waals surface area (Å²) in [6, 6.07) is 16.7. The zero-order valence-corrected chi connectivity index (χ0v) is 16.6. The molecule has 0 saturated carbocycles. The van der Waals surface area contributed by atoms with Crippen LogP contribution in [0.1, 0.15) is 74.7 Å². The van der Waals surface area contributed by atoms with Gasteiger partial charge >= 0.3 is 0 Å². The zero-order valence-electron chi connectivity index (χ0n) is 16.6. The van der Waals surface area contributed by atoms with Gasteiger partial charge in [0.25, 0.3) is 0 Å². The molecule has 3 heteroatoms. The van der Waals surface area contributed by atoms with Crippen LogP contribution in [-0.4, -0.2) is 12.3 Å². The molecular formula is C24H31NO2. The lowest BCUT2D eigenvalue weighted by Gasteiger charge is -2.09. The van der Waals surface area contributed by atoms with Gasteiger partial charge < -0.3 is 9.57 Å². The standard InChI is InChI=1S/C24H31NO2/c1-3-4-5-6-7-8-17-26-22-15-13-20(14-16-22)23-18-24(27-25-23)21-11-9-19(2)10-12-21/h9-16,24H,3-8,17-18H2,1-2H3. The molecule has 0 amide bonds. The number of oxime groups is 1. The first-order valence-electron chi connectivity index (χ1n) is 10.3. The molecule has 1 atom stereocenters. The van der Waals surface area contributed by atoms with Crippen molar-refractivity contribution in [1.29, 1.82) is 0 Å². The molecule has 2 aromatic rings. The fourth-order valence-corrected chi connectivity index (χ4v) is 3.32. The van der Waals surface area contributed by atoms with E-state index in [4.69, 9.17) is 9.57 Å². The Morgan fingerprint density at radius 1 is 0.926 bits per heavy atom. The molecule has 1 unspecified atom stereocenters. The van der Waals surface area contributed by atoms with Gasteiger partial charge in [-0.3, -0.25) is 0 Å². The van der Waals surface area contributed by atoms with Gasteiger partial charge in [0.05, 0.1) is 12.3 Å². The van der Waals surface area contributed by atoms with Gasteiger partial charge in [-0.05, 0) is 48.7 Å². The number of hydrogen-bond acceptors (Lipinski definition) is 3. The highest BCUT2D eigenvalue weighted by atomic mass is 16.6. The molecule has 0 saturated heterocycles. The van der Waals surface area contributed by atoms with Crippen LogP contribution in [0.5, 0.6) is 5.75 Å². The molecule has 1 aliphatic rings. The average Bonchev–Trinajstić information content (AvgIpc) is 3.18. The van der Waals surface area contributed by atoms with E-state index >= 15 is 0 Å². The minimum absolute atomic E-state index is 0.0178. The maximum atomic E-state index is 5.86. The van der Waals surface area contributed by atoms with Crippen molar-refractivity contribution in [2.24, 2.45) is 5.16 Å². The fourth-order valence-electron chi connectivity index (χ4n) is 3.32. The van der Waals surface area contributed by atoms with E-state index in [9.17, 15) is 0 Å². The summed E-state index contributed by atoms with van der Waals surface area (Å²) in [5.41, 5.74) is 4.55. The van der Waals surface area contributed by atoms with Crippen molar-refractivity contribution >= 4 is 5.71 Å². The van der Waals surface area contributed by atoms with E-state index in [1.165, 1.54) is 43.2 Å². The van der Waals surface area contributed by atoms with E-state index in [1.807, 2.05) is 12.1 Å². The molecule has 1 heterocycles. The Balaban J connectivity index is 1.43. The predicted octanol–water partition coefficient (Wildman–Crippen LogP) is 6.60. The van der Waals surface area contributed by atoms with Gasteiger partial charge in [-0.25, -0.2) is 0 Å². The van der Waals surface area contributed by atoms with Gasteiger partial charge in [0.15, 0.2) is 6.10 Å². The van der Waals surface area contributed by atoms with Crippen molar-refractivity contribution in [3.8, 4) is 5.75 Å². The number of benzene rings is 2. The Bertz CT molecular complexity index is 719. The highest BCUT2D eigenvalue weighted by Crippen LogP contribution is 2.30. The van der Waals surface area contributed by atoms with Gasteiger partial charge in [0.1, 0.15) is 5.75 Å². The molecule has 1 aliphatic heterocycles. The number of hydrogen-bond donors (Lipinski definition) is 0. The Hall–Kier alpha value is -2.29. The van der Waals surface area contributed by atoms with Crippen molar-refractivity contribution in [3.05, 3.63) is 65.2 Å². The van der Waals surface area contributed by atoms with Crippen LogP contribution >= 0.6 is 0 Å². The molecule has 3 nitrogen and oxygen atoms in total. The third kappa shape index (κ3) is 5.85. The molecule has 2 aromatic carbocycles. The normalized spacial score (nSPS) is 16.1. The summed E-state index contributed by atoms with van der Waals surface area (Å²) < 4.78 is 5.86. The van der Waals surface area contributed by atoms with E-state index in [0.717, 1.165) is 36.5 Å². The van der Waals surface area contributed by atoms with Crippen LogP contribution in [0, 0.1) is 6.92 Å². The second kappa shape index (κ2) is 10.1. The minimum atomic E-state index is 0.0178. The van der Waals surface area contributed by atoms with Crippen LogP contribution in [0.15, 0.2) is 53.7 Å². The lowest BCUT2D eigenvalue weighted by atomic mass is 9.99. The lowest BCUT2D eigenvalue weighted by molar-refractivity contribution is 0.0857. The van der Waals surface area contributed by atoms with Crippen LogP contribution in [-0.2, 0) is 4.84 Å². The molecule has 0 bridgehead atoms. The maximum Gasteiger partial charge on any atom is 0.158 e. The number of rotatable bonds is 10. The van der Waals surface area contributed by atoms with Crippen molar-refractivity contribution < 1.29 is 9.57 Å². The Kier molecular flexibility index (Phi) is 7.32. The van der Waals surface area contributed by atoms with Crippen LogP contribution < -0.4 is 4.74 Å². The lowest BCUT2D eigenvalue weighted by Crippen LogP contribution is -2.02. The summed E-state index contributed by atoms with van der Waals surface area (Å²) in [5, 5.41) is 4.30. The van der Waals surface area contributed by atoms with Crippen LogP contribution in [0.25, 0.3) is 0 Å². The van der Waals surface area contributed by atoms with Crippen molar-refractivity contribution in [3.63, 3.8) is 0 Å². The predicted molar refractivity (Wildman–Crippen MR) is 111 cm³/mol. The number of ether oxygens (including phenoxy) is 1. The third-order valence-electron chi connectivity index (χ3n) is 5.07. The minimum Gasteiger partial charge on any atom is -0.494 e. The summed E-state index contributed by atoms with van der Waals surface area (Å²) in [7, 11) is 0. The quantitative estimate of drug-likeness (QED) is 0.444. The Morgan fingerprint density at radius 2 is 1.63 bits per heavy atom. The monoisotopic (exact) mass is 365 g/mol. The Labute approximate surface area is 163 Å². The van der Waals surface area contributed by atoms with Gasteiger partial charge in [-0.1, -0.05) is 74.0 Å². The largest absolute Gasteiger partial charge is 0.494 e. The summed E-state index contributed by atoms with van der Waals surface area (Å²) in [5.74, 6) is 0.932. The van der Waals surface area contributed by atoms with E-state index < -0.39 is 0 Å². The number of nitrogens with zero attached hydrogens (tertiary/aromatic N) is 1. The molecule has 144 valence electrons. The van der Waals surface area contributed by atoms with Gasteiger partial charge in [-0.15, -0.1) is 0 Å². The molecule has 0 aliphatic carbocycles. The van der Waals surface area contributed by atoms with Crippen molar-refractivity contribution in [1.82, 2.24) is 0 Å². The maximum absolute atomic E-state index is 5.86. The zero-order chi connectivity index (χ0) is 18.9. The first-order valence-corrected chi connectivity index (χ1v) is 10.3. The number of aryl methyl sites for hydroxylation is 1. The molecule has 0 N–H and O–H groups in total. The van der Waals surface area contributed by atoms with Crippen LogP contribution in [0.4, 0.5) is 0 Å². The topological polar surface area (TPSA) is 30.8 Å². The molecule has 0 fully saturated rings. The smallest absolute Gasteiger partial charge is 0.158 e. The molecule has 0 spiro atoms. The van der Waals surface area contributed by atoms with Gasteiger partial charge in [0.2, 0.25) is 0 Å². The second-order valence-corrected chi connectivity index (χ2v) is 7.39. The Morgan fingerprint density at radius 3 is 2.37 bits per heavy atom.